The Morgan fingerprint density at radius 2 is 2.00 bits per heavy atom. The minimum atomic E-state index is 0.784. The first-order valence-electron chi connectivity index (χ1n) is 8.96. The Hall–Kier alpha value is -1.61. The van der Waals surface area contributed by atoms with Crippen LogP contribution in [0.1, 0.15) is 56.2 Å². The van der Waals surface area contributed by atoms with Crippen LogP contribution in [-0.4, -0.2) is 16.7 Å². The first kappa shape index (κ1) is 17.7. The number of rotatable bonds is 9. The summed E-state index contributed by atoms with van der Waals surface area (Å²) in [6, 6.07) is 6.60. The third-order valence-electron chi connectivity index (χ3n) is 4.81. The molecule has 1 atom stereocenters. The molecule has 1 aromatic heterocycles. The van der Waals surface area contributed by atoms with E-state index >= 15 is 0 Å². The molecule has 0 saturated carbocycles. The highest BCUT2D eigenvalue weighted by atomic mass is 15.1. The summed E-state index contributed by atoms with van der Waals surface area (Å²) >= 11 is 0. The van der Waals surface area contributed by atoms with Crippen molar-refractivity contribution in [2.45, 2.75) is 59.9 Å². The van der Waals surface area contributed by atoms with Gasteiger partial charge in [0.25, 0.3) is 0 Å². The van der Waals surface area contributed by atoms with Gasteiger partial charge in [0.15, 0.2) is 0 Å². The molecule has 2 aromatic rings. The van der Waals surface area contributed by atoms with Crippen LogP contribution in [0.25, 0.3) is 11.3 Å². The number of hydrogen-bond donors (Lipinski definition) is 2. The fourth-order valence-electron chi connectivity index (χ4n) is 2.95. The lowest BCUT2D eigenvalue weighted by atomic mass is 9.99. The zero-order valence-electron chi connectivity index (χ0n) is 15.1. The number of unbranched alkanes of at least 4 members (excludes halogenated alkanes) is 1. The maximum absolute atomic E-state index is 4.25. The number of nitrogens with zero attached hydrogens (tertiary/aromatic N) is 1. The van der Waals surface area contributed by atoms with E-state index < -0.39 is 0 Å². The van der Waals surface area contributed by atoms with Crippen molar-refractivity contribution >= 4 is 0 Å². The van der Waals surface area contributed by atoms with E-state index in [1.165, 1.54) is 47.9 Å². The van der Waals surface area contributed by atoms with E-state index in [9.17, 15) is 0 Å². The largest absolute Gasteiger partial charge is 0.312 e. The van der Waals surface area contributed by atoms with Crippen LogP contribution in [0.15, 0.2) is 24.4 Å². The van der Waals surface area contributed by atoms with Crippen molar-refractivity contribution in [3.05, 3.63) is 41.1 Å². The summed E-state index contributed by atoms with van der Waals surface area (Å²) in [6.45, 7) is 10.8. The molecule has 23 heavy (non-hydrogen) atoms. The Morgan fingerprint density at radius 3 is 2.70 bits per heavy atom. The van der Waals surface area contributed by atoms with Gasteiger partial charge in [0.2, 0.25) is 0 Å². The highest BCUT2D eigenvalue weighted by molar-refractivity contribution is 5.64. The van der Waals surface area contributed by atoms with Crippen molar-refractivity contribution < 1.29 is 0 Å². The van der Waals surface area contributed by atoms with Crippen molar-refractivity contribution in [2.75, 3.05) is 6.54 Å². The van der Waals surface area contributed by atoms with Gasteiger partial charge in [-0.3, -0.25) is 5.10 Å². The molecule has 0 amide bonds. The summed E-state index contributed by atoms with van der Waals surface area (Å²) in [6.07, 6.45) is 7.15. The monoisotopic (exact) mass is 313 g/mol. The lowest BCUT2D eigenvalue weighted by molar-refractivity contribution is 0.419. The molecule has 0 saturated heterocycles. The van der Waals surface area contributed by atoms with Gasteiger partial charge in [-0.1, -0.05) is 45.2 Å². The summed E-state index contributed by atoms with van der Waals surface area (Å²) in [5, 5.41) is 11.0. The number of hydrogen-bond acceptors (Lipinski definition) is 2. The van der Waals surface area contributed by atoms with Crippen LogP contribution in [0.2, 0.25) is 0 Å². The average Bonchev–Trinajstić information content (AvgIpc) is 3.01. The second-order valence-corrected chi connectivity index (χ2v) is 6.62. The molecule has 2 rings (SSSR count). The van der Waals surface area contributed by atoms with Crippen LogP contribution in [0.3, 0.4) is 0 Å². The van der Waals surface area contributed by atoms with E-state index in [0.717, 1.165) is 24.7 Å². The summed E-state index contributed by atoms with van der Waals surface area (Å²) in [4.78, 5) is 0. The molecule has 0 aliphatic carbocycles. The number of aryl methyl sites for hydroxylation is 2. The number of nitrogens with one attached hydrogen (secondary N) is 2. The Balaban J connectivity index is 1.97. The van der Waals surface area contributed by atoms with E-state index in [2.05, 4.69) is 61.4 Å². The number of benzene rings is 1. The fraction of sp³-hybridized carbons (Fsp3) is 0.550. The molecular weight excluding hydrogens is 282 g/mol. The van der Waals surface area contributed by atoms with Crippen LogP contribution in [0.5, 0.6) is 0 Å². The molecule has 3 nitrogen and oxygen atoms in total. The predicted molar refractivity (Wildman–Crippen MR) is 98.5 cm³/mol. The van der Waals surface area contributed by atoms with Gasteiger partial charge in [0.1, 0.15) is 0 Å². The smallest absolute Gasteiger partial charge is 0.0695 e. The maximum atomic E-state index is 4.25. The van der Waals surface area contributed by atoms with Gasteiger partial charge in [-0.15, -0.1) is 0 Å². The van der Waals surface area contributed by atoms with Crippen LogP contribution >= 0.6 is 0 Å². The van der Waals surface area contributed by atoms with Gasteiger partial charge in [-0.25, -0.2) is 0 Å². The molecule has 1 unspecified atom stereocenters. The molecule has 0 radical (unpaired) electrons. The standard InChI is InChI=1S/C20H31N3/c1-5-7-8-17(6-2)12-21-13-19-14-22-23-20(19)18-10-9-15(3)16(4)11-18/h9-11,14,17,21H,5-8,12-13H2,1-4H3,(H,22,23). The fourth-order valence-corrected chi connectivity index (χ4v) is 2.95. The van der Waals surface area contributed by atoms with Gasteiger partial charge in [0, 0.05) is 17.7 Å². The first-order valence-corrected chi connectivity index (χ1v) is 8.96. The van der Waals surface area contributed by atoms with E-state index in [4.69, 9.17) is 0 Å². The highest BCUT2D eigenvalue weighted by Gasteiger charge is 2.10. The third-order valence-corrected chi connectivity index (χ3v) is 4.81. The molecule has 2 N–H and O–H groups in total. The van der Waals surface area contributed by atoms with Crippen molar-refractivity contribution in [2.24, 2.45) is 5.92 Å². The average molecular weight is 313 g/mol. The second kappa shape index (κ2) is 8.88. The minimum Gasteiger partial charge on any atom is -0.312 e. The van der Waals surface area contributed by atoms with Gasteiger partial charge in [-0.2, -0.15) is 5.10 Å². The van der Waals surface area contributed by atoms with Gasteiger partial charge in [-0.05, 0) is 49.9 Å². The van der Waals surface area contributed by atoms with E-state index in [-0.39, 0.29) is 0 Å². The van der Waals surface area contributed by atoms with Gasteiger partial charge < -0.3 is 5.32 Å². The van der Waals surface area contributed by atoms with Crippen LogP contribution in [0, 0.1) is 19.8 Å². The lowest BCUT2D eigenvalue weighted by Gasteiger charge is -2.15. The summed E-state index contributed by atoms with van der Waals surface area (Å²) in [5.74, 6) is 0.784. The number of aromatic amines is 1. The lowest BCUT2D eigenvalue weighted by Crippen LogP contribution is -2.22. The molecule has 1 aromatic carbocycles. The number of H-pyrrole nitrogens is 1. The Labute approximate surface area is 140 Å². The summed E-state index contributed by atoms with van der Waals surface area (Å²) < 4.78 is 0. The van der Waals surface area contributed by atoms with Crippen molar-refractivity contribution in [1.82, 2.24) is 15.5 Å². The molecular formula is C20H31N3. The molecule has 0 bridgehead atoms. The topological polar surface area (TPSA) is 40.7 Å². The normalized spacial score (nSPS) is 12.5. The van der Waals surface area contributed by atoms with Crippen molar-refractivity contribution in [3.8, 4) is 11.3 Å². The van der Waals surface area contributed by atoms with E-state index in [0.29, 0.717) is 0 Å². The molecule has 0 aliphatic rings. The van der Waals surface area contributed by atoms with Crippen LogP contribution < -0.4 is 5.32 Å². The highest BCUT2D eigenvalue weighted by Crippen LogP contribution is 2.23. The molecule has 0 spiro atoms. The molecule has 126 valence electrons. The predicted octanol–water partition coefficient (Wildman–Crippen LogP) is 5.00. The minimum absolute atomic E-state index is 0.784. The molecule has 1 heterocycles. The zero-order chi connectivity index (χ0) is 16.7. The molecule has 3 heteroatoms. The van der Waals surface area contributed by atoms with Gasteiger partial charge >= 0.3 is 0 Å². The third kappa shape index (κ3) is 4.93. The Bertz CT molecular complexity index is 601. The Morgan fingerprint density at radius 1 is 1.17 bits per heavy atom. The first-order chi connectivity index (χ1) is 11.2. The summed E-state index contributed by atoms with van der Waals surface area (Å²) in [7, 11) is 0. The van der Waals surface area contributed by atoms with Crippen molar-refractivity contribution in [1.29, 1.82) is 0 Å². The maximum Gasteiger partial charge on any atom is 0.0695 e. The summed E-state index contributed by atoms with van der Waals surface area (Å²) in [5.41, 5.74) is 6.26. The molecule has 0 fully saturated rings. The SMILES string of the molecule is CCCCC(CC)CNCc1cn[nH]c1-c1ccc(C)c(C)c1. The molecule has 0 aliphatic heterocycles. The van der Waals surface area contributed by atoms with Crippen LogP contribution in [-0.2, 0) is 6.54 Å². The zero-order valence-corrected chi connectivity index (χ0v) is 15.1. The van der Waals surface area contributed by atoms with Gasteiger partial charge in [0.05, 0.1) is 11.9 Å². The number of aromatic nitrogens is 2. The van der Waals surface area contributed by atoms with E-state index in [1.54, 1.807) is 0 Å². The van der Waals surface area contributed by atoms with E-state index in [1.807, 2.05) is 6.20 Å². The quantitative estimate of drug-likeness (QED) is 0.684. The van der Waals surface area contributed by atoms with Crippen LogP contribution in [0.4, 0.5) is 0 Å². The van der Waals surface area contributed by atoms with Crippen molar-refractivity contribution in [3.63, 3.8) is 0 Å². The Kier molecular flexibility index (Phi) is 6.85. The second-order valence-electron chi connectivity index (χ2n) is 6.62.